The van der Waals surface area contributed by atoms with E-state index in [0.29, 0.717) is 129 Å². The van der Waals surface area contributed by atoms with E-state index < -0.39 is 53.9 Å². The molecule has 0 heterocycles. The summed E-state index contributed by atoms with van der Waals surface area (Å²) >= 11 is 0. The van der Waals surface area contributed by atoms with Crippen LogP contribution < -0.4 is 106 Å². The molecule has 0 bridgehead atoms. The molecule has 0 rings (SSSR count). The molecule has 0 fully saturated rings. The Kier molecular flexibility index (Phi) is 45.8. The molecular weight excluding hydrogens is 1140 g/mol. The van der Waals surface area contributed by atoms with Crippen LogP contribution in [0.5, 0.6) is 0 Å². The fraction of sp³-hybridized carbons (Fsp3) is 0.741. The summed E-state index contributed by atoms with van der Waals surface area (Å²) in [5.41, 5.74) is 59.9. The van der Waals surface area contributed by atoms with Crippen LogP contribution >= 0.6 is 0 Å². The minimum Gasteiger partial charge on any atom is -0.480 e. The van der Waals surface area contributed by atoms with Gasteiger partial charge in [0.05, 0.1) is 6.04 Å². The highest BCUT2D eigenvalue weighted by Gasteiger charge is 2.24. The van der Waals surface area contributed by atoms with Gasteiger partial charge in [-0.1, -0.05) is 25.7 Å². The van der Waals surface area contributed by atoms with Gasteiger partial charge in [0.1, 0.15) is 24.2 Å². The summed E-state index contributed by atoms with van der Waals surface area (Å²) in [6, 6.07) is -4.33. The first-order chi connectivity index (χ1) is 41.9. The third-order valence-electron chi connectivity index (χ3n) is 13.2. The number of carbonyl (C=O) groups is 9. The number of unbranched alkanes of at least 4 members (excludes halogenated alkanes) is 8. The lowest BCUT2D eigenvalue weighted by Gasteiger charge is -2.19. The van der Waals surface area contributed by atoms with Crippen molar-refractivity contribution in [2.24, 2.45) is 88.0 Å². The molecule has 0 aliphatic carbocycles. The lowest BCUT2D eigenvalue weighted by atomic mass is 10.1. The molecule has 5 atom stereocenters. The number of aliphatic imine (C=N–C) groups is 5. The van der Waals surface area contributed by atoms with Crippen molar-refractivity contribution in [3.05, 3.63) is 0 Å². The molecule has 0 aromatic rings. The summed E-state index contributed by atoms with van der Waals surface area (Å²) < 4.78 is 0. The van der Waals surface area contributed by atoms with Gasteiger partial charge in [-0.2, -0.15) is 0 Å². The maximum absolute atomic E-state index is 13.3. The summed E-state index contributed by atoms with van der Waals surface area (Å²) in [7, 11) is 0. The lowest BCUT2D eigenvalue weighted by molar-refractivity contribution is -0.142. The number of nitrogens with two attached hydrogens (primary N) is 11. The zero-order chi connectivity index (χ0) is 65.9. The molecule has 0 aromatic carbocycles. The first-order valence-electron chi connectivity index (χ1n) is 30.4. The Morgan fingerprint density at radius 1 is 0.295 bits per heavy atom. The number of rotatable bonds is 53. The van der Waals surface area contributed by atoms with Crippen LogP contribution in [0, 0.1) is 0 Å². The van der Waals surface area contributed by atoms with Crippen LogP contribution in [0.1, 0.15) is 167 Å². The third kappa shape index (κ3) is 46.8. The van der Waals surface area contributed by atoms with E-state index in [-0.39, 0.29) is 157 Å². The van der Waals surface area contributed by atoms with Crippen LogP contribution in [0.15, 0.2) is 25.0 Å². The van der Waals surface area contributed by atoms with Crippen molar-refractivity contribution >= 4 is 83.0 Å². The van der Waals surface area contributed by atoms with Gasteiger partial charge in [-0.05, 0) is 116 Å². The van der Waals surface area contributed by atoms with E-state index in [9.17, 15) is 48.3 Å². The van der Waals surface area contributed by atoms with Crippen molar-refractivity contribution in [3.63, 3.8) is 0 Å². The van der Waals surface area contributed by atoms with Gasteiger partial charge in [0.15, 0.2) is 29.8 Å². The number of nitrogens with zero attached hydrogens (tertiary/aromatic N) is 5. The molecule has 31 N–H and O–H groups in total. The average molecular weight is 1250 g/mol. The normalized spacial score (nSPS) is 12.4. The molecule has 34 heteroatoms. The SMILES string of the molecule is NC(N)=NCCC[C@H](NC(=O)CCCCCNC(=O)[C@H](CCCN=C(N)N)NC(=O)CCCCCNC(=O)[C@H](CCCN=C(N)N)NC(=O)CCCCCNC(=O)[C@H](CCCN=C(N)N)NC(=O)CCCCCNC(=O)[C@@H](N)CCCN=C(N)N)C(=O)O. The summed E-state index contributed by atoms with van der Waals surface area (Å²) in [6.45, 7) is 2.59. The van der Waals surface area contributed by atoms with Crippen LogP contribution in [-0.2, 0) is 43.2 Å². The smallest absolute Gasteiger partial charge is 0.326 e. The van der Waals surface area contributed by atoms with Crippen LogP contribution in [0.2, 0.25) is 0 Å². The van der Waals surface area contributed by atoms with Crippen LogP contribution in [0.25, 0.3) is 0 Å². The summed E-state index contributed by atoms with van der Waals surface area (Å²) in [4.78, 5) is 135. The fourth-order valence-electron chi connectivity index (χ4n) is 8.49. The van der Waals surface area contributed by atoms with Gasteiger partial charge in [-0.15, -0.1) is 0 Å². The van der Waals surface area contributed by atoms with E-state index in [4.69, 9.17) is 63.1 Å². The Balaban J connectivity index is 5.02. The number of hydrogen-bond acceptors (Lipinski definition) is 15. The predicted molar refractivity (Wildman–Crippen MR) is 339 cm³/mol. The van der Waals surface area contributed by atoms with Gasteiger partial charge in [0.2, 0.25) is 47.3 Å². The Morgan fingerprint density at radius 3 is 0.773 bits per heavy atom. The number of nitrogens with one attached hydrogen (secondary N) is 8. The molecule has 34 nitrogen and oxygen atoms in total. The second kappa shape index (κ2) is 50.7. The standard InChI is InChI=1S/C54H106N24O10/c55-36(18-13-31-70-50(56)57)45(83)66-27-9-1-5-23-41(79)75-37(19-14-32-71-51(58)59)46(84)67-28-10-2-6-24-42(80)76-38(20-15-33-72-52(60)61)47(85)68-29-11-3-7-25-43(81)77-39(21-16-34-73-53(62)63)48(86)69-30-12-4-8-26-44(82)78-40(49(87)88)22-17-35-74-54(64)65/h36-40H,1-35,55H2,(H,66,83)(H,67,84)(H,68,85)(H,69,86)(H,75,79)(H,76,80)(H,77,81)(H,78,82)(H,87,88)(H4,56,57,70)(H4,58,59,71)(H4,60,61,72)(H4,62,63,73)(H4,64,65,74)/t36-,37-,38-,39-,40-/m0/s1. The maximum atomic E-state index is 13.3. The number of aliphatic carboxylic acids is 1. The number of carboxylic acids is 1. The van der Waals surface area contributed by atoms with Crippen LogP contribution in [0.4, 0.5) is 0 Å². The summed E-state index contributed by atoms with van der Waals surface area (Å²) in [5, 5.41) is 31.7. The molecule has 0 radical (unpaired) electrons. The van der Waals surface area contributed by atoms with E-state index in [0.717, 1.165) is 0 Å². The van der Waals surface area contributed by atoms with Gasteiger partial charge in [0.25, 0.3) is 0 Å². The molecule has 0 unspecified atom stereocenters. The lowest BCUT2D eigenvalue weighted by Crippen LogP contribution is -2.47. The molecule has 0 saturated carbocycles. The predicted octanol–water partition coefficient (Wildman–Crippen LogP) is -4.69. The summed E-state index contributed by atoms with van der Waals surface area (Å²) in [6.07, 6.45) is 10.5. The van der Waals surface area contributed by atoms with Crippen molar-refractivity contribution < 1.29 is 48.3 Å². The second-order valence-corrected chi connectivity index (χ2v) is 21.1. The summed E-state index contributed by atoms with van der Waals surface area (Å²) in [5.74, 6) is -4.43. The van der Waals surface area contributed by atoms with Gasteiger partial charge in [-0.3, -0.25) is 63.3 Å². The largest absolute Gasteiger partial charge is 0.480 e. The van der Waals surface area contributed by atoms with Crippen molar-refractivity contribution in [3.8, 4) is 0 Å². The van der Waals surface area contributed by atoms with Gasteiger partial charge in [0, 0.05) is 84.6 Å². The number of hydrogen-bond donors (Lipinski definition) is 20. The minimum absolute atomic E-state index is 0.0224. The maximum Gasteiger partial charge on any atom is 0.326 e. The third-order valence-corrected chi connectivity index (χ3v) is 13.2. The number of amides is 8. The highest BCUT2D eigenvalue weighted by Crippen LogP contribution is 2.09. The number of carboxylic acid groups (broad SMARTS) is 1. The van der Waals surface area contributed by atoms with E-state index in [1.54, 1.807) is 0 Å². The van der Waals surface area contributed by atoms with Crippen LogP contribution in [-0.4, -0.2) is 177 Å². The van der Waals surface area contributed by atoms with E-state index in [1.807, 2.05) is 0 Å². The molecule has 0 aromatic heterocycles. The van der Waals surface area contributed by atoms with Crippen molar-refractivity contribution in [1.82, 2.24) is 42.5 Å². The Labute approximate surface area is 516 Å². The zero-order valence-electron chi connectivity index (χ0n) is 51.3. The monoisotopic (exact) mass is 1250 g/mol. The van der Waals surface area contributed by atoms with E-state index in [1.165, 1.54) is 0 Å². The van der Waals surface area contributed by atoms with Gasteiger partial charge < -0.3 is 111 Å². The van der Waals surface area contributed by atoms with Gasteiger partial charge >= 0.3 is 5.97 Å². The van der Waals surface area contributed by atoms with Crippen molar-refractivity contribution in [1.29, 1.82) is 0 Å². The Morgan fingerprint density at radius 2 is 0.523 bits per heavy atom. The van der Waals surface area contributed by atoms with E-state index >= 15 is 0 Å². The molecule has 0 aliphatic heterocycles. The van der Waals surface area contributed by atoms with Gasteiger partial charge in [-0.25, -0.2) is 4.79 Å². The quantitative estimate of drug-likeness (QED) is 0.0155. The van der Waals surface area contributed by atoms with E-state index in [2.05, 4.69) is 67.5 Å². The molecule has 88 heavy (non-hydrogen) atoms. The fourth-order valence-corrected chi connectivity index (χ4v) is 8.49. The Bertz CT molecular complexity index is 2230. The molecular formula is C54H106N24O10. The highest BCUT2D eigenvalue weighted by molar-refractivity contribution is 5.89. The van der Waals surface area contributed by atoms with Crippen LogP contribution in [0.3, 0.4) is 0 Å². The van der Waals surface area contributed by atoms with Crippen molar-refractivity contribution in [2.75, 3.05) is 58.9 Å². The average Bonchev–Trinajstić information content (AvgIpc) is 3.53. The number of carbonyl (C=O) groups excluding carboxylic acids is 8. The second-order valence-electron chi connectivity index (χ2n) is 21.1. The first-order valence-corrected chi connectivity index (χ1v) is 30.4. The highest BCUT2D eigenvalue weighted by atomic mass is 16.4. The topological polar surface area (TPSA) is 618 Å². The minimum atomic E-state index is -1.16. The zero-order valence-corrected chi connectivity index (χ0v) is 51.3. The first kappa shape index (κ1) is 79.5. The molecule has 502 valence electrons. The molecule has 0 saturated heterocycles. The Hall–Kier alpha value is -8.46. The molecule has 0 spiro atoms. The molecule has 8 amide bonds. The van der Waals surface area contributed by atoms with Crippen molar-refractivity contribution in [2.45, 2.75) is 197 Å². The number of guanidine groups is 5. The molecule has 0 aliphatic rings.